The number of methoxy groups -OCH3 is 1. The lowest BCUT2D eigenvalue weighted by Crippen LogP contribution is -2.46. The van der Waals surface area contributed by atoms with Gasteiger partial charge in [0.1, 0.15) is 4.88 Å². The maximum atomic E-state index is 13.0. The highest BCUT2D eigenvalue weighted by Gasteiger charge is 2.41. The molecule has 0 atom stereocenters. The van der Waals surface area contributed by atoms with Gasteiger partial charge in [-0.3, -0.25) is 9.78 Å². The Morgan fingerprint density at radius 1 is 1.23 bits per heavy atom. The SMILES string of the molecule is COCCC1(c2noc(-c3ccncc3)n2)CCN(C(=O)c2sc(C)nc2C)CC1. The summed E-state index contributed by atoms with van der Waals surface area (Å²) in [6, 6.07) is 3.69. The zero-order valence-electron chi connectivity index (χ0n) is 17.4. The normalized spacial score (nSPS) is 16.0. The van der Waals surface area contributed by atoms with E-state index in [4.69, 9.17) is 14.2 Å². The lowest BCUT2D eigenvalue weighted by Gasteiger charge is -2.39. The van der Waals surface area contributed by atoms with Crippen LogP contribution in [-0.2, 0) is 10.2 Å². The van der Waals surface area contributed by atoms with Crippen LogP contribution < -0.4 is 0 Å². The summed E-state index contributed by atoms with van der Waals surface area (Å²) >= 11 is 1.46. The zero-order chi connectivity index (χ0) is 21.1. The predicted octanol–water partition coefficient (Wildman–Crippen LogP) is 3.42. The maximum Gasteiger partial charge on any atom is 0.265 e. The van der Waals surface area contributed by atoms with Crippen molar-refractivity contribution in [1.82, 2.24) is 25.0 Å². The van der Waals surface area contributed by atoms with Crippen molar-refractivity contribution in [3.63, 3.8) is 0 Å². The number of hydrogen-bond donors (Lipinski definition) is 0. The van der Waals surface area contributed by atoms with Gasteiger partial charge in [0.2, 0.25) is 0 Å². The molecule has 1 amide bonds. The third-order valence-corrected chi connectivity index (χ3v) is 6.78. The molecule has 8 nitrogen and oxygen atoms in total. The first-order valence-electron chi connectivity index (χ1n) is 9.99. The Morgan fingerprint density at radius 2 is 1.97 bits per heavy atom. The van der Waals surface area contributed by atoms with Gasteiger partial charge in [0, 0.05) is 50.2 Å². The maximum absolute atomic E-state index is 13.0. The van der Waals surface area contributed by atoms with Crippen molar-refractivity contribution in [1.29, 1.82) is 0 Å². The molecule has 4 rings (SSSR count). The van der Waals surface area contributed by atoms with Crippen LogP contribution in [0.5, 0.6) is 0 Å². The van der Waals surface area contributed by atoms with Gasteiger partial charge in [-0.15, -0.1) is 11.3 Å². The van der Waals surface area contributed by atoms with Crippen molar-refractivity contribution in [2.45, 2.75) is 38.5 Å². The minimum atomic E-state index is -0.278. The molecule has 1 aliphatic rings. The van der Waals surface area contributed by atoms with Crippen molar-refractivity contribution < 1.29 is 14.1 Å². The second-order valence-electron chi connectivity index (χ2n) is 7.62. The van der Waals surface area contributed by atoms with Crippen LogP contribution in [0.2, 0.25) is 0 Å². The first-order valence-corrected chi connectivity index (χ1v) is 10.8. The van der Waals surface area contributed by atoms with Crippen molar-refractivity contribution in [3.05, 3.63) is 45.9 Å². The number of aromatic nitrogens is 4. The predicted molar refractivity (Wildman–Crippen MR) is 112 cm³/mol. The number of rotatable bonds is 6. The molecular weight excluding hydrogens is 402 g/mol. The Kier molecular flexibility index (Phi) is 5.92. The van der Waals surface area contributed by atoms with Gasteiger partial charge < -0.3 is 14.2 Å². The highest BCUT2D eigenvalue weighted by Crippen LogP contribution is 2.38. The van der Waals surface area contributed by atoms with Gasteiger partial charge in [-0.25, -0.2) is 4.98 Å². The van der Waals surface area contributed by atoms with Gasteiger partial charge >= 0.3 is 0 Å². The van der Waals surface area contributed by atoms with E-state index in [0.29, 0.717) is 31.4 Å². The van der Waals surface area contributed by atoms with E-state index in [1.165, 1.54) is 11.3 Å². The molecule has 0 radical (unpaired) electrons. The Labute approximate surface area is 179 Å². The Bertz CT molecular complexity index is 1010. The van der Waals surface area contributed by atoms with Crippen molar-refractivity contribution >= 4 is 17.2 Å². The lowest BCUT2D eigenvalue weighted by atomic mass is 9.75. The highest BCUT2D eigenvalue weighted by molar-refractivity contribution is 7.13. The monoisotopic (exact) mass is 427 g/mol. The Hall–Kier alpha value is -2.65. The molecule has 3 aromatic heterocycles. The summed E-state index contributed by atoms with van der Waals surface area (Å²) in [5.41, 5.74) is 1.37. The minimum Gasteiger partial charge on any atom is -0.385 e. The van der Waals surface area contributed by atoms with Crippen LogP contribution in [0.15, 0.2) is 29.0 Å². The number of carbonyl (C=O) groups is 1. The van der Waals surface area contributed by atoms with Crippen LogP contribution >= 0.6 is 11.3 Å². The molecule has 0 N–H and O–H groups in total. The number of likely N-dealkylation sites (tertiary alicyclic amines) is 1. The molecule has 1 aliphatic heterocycles. The zero-order valence-corrected chi connectivity index (χ0v) is 18.2. The standard InChI is InChI=1S/C21H25N5O3S/c1-14-17(30-15(2)23-14)19(27)26-11-6-21(7-12-26,8-13-28-3)20-24-18(29-25-20)16-4-9-22-10-5-16/h4-5,9-10H,6-8,11-13H2,1-3H3. The van der Waals surface area contributed by atoms with Gasteiger partial charge in [-0.05, 0) is 45.2 Å². The number of hydrogen-bond acceptors (Lipinski definition) is 8. The largest absolute Gasteiger partial charge is 0.385 e. The van der Waals surface area contributed by atoms with Crippen LogP contribution in [0.4, 0.5) is 0 Å². The number of thiazole rings is 1. The van der Waals surface area contributed by atoms with Crippen LogP contribution in [0, 0.1) is 13.8 Å². The molecule has 0 aliphatic carbocycles. The minimum absolute atomic E-state index is 0.0593. The van der Waals surface area contributed by atoms with Crippen molar-refractivity contribution in [2.75, 3.05) is 26.8 Å². The van der Waals surface area contributed by atoms with E-state index >= 15 is 0 Å². The fourth-order valence-corrected chi connectivity index (χ4v) is 4.83. The van der Waals surface area contributed by atoms with E-state index in [2.05, 4.69) is 15.1 Å². The van der Waals surface area contributed by atoms with E-state index in [1.54, 1.807) is 19.5 Å². The number of piperidine rings is 1. The van der Waals surface area contributed by atoms with E-state index in [9.17, 15) is 4.79 Å². The quantitative estimate of drug-likeness (QED) is 0.595. The van der Waals surface area contributed by atoms with Gasteiger partial charge in [0.15, 0.2) is 5.82 Å². The van der Waals surface area contributed by atoms with E-state index in [0.717, 1.165) is 40.4 Å². The van der Waals surface area contributed by atoms with Crippen molar-refractivity contribution in [3.8, 4) is 11.5 Å². The number of carbonyl (C=O) groups excluding carboxylic acids is 1. The second kappa shape index (κ2) is 8.61. The lowest BCUT2D eigenvalue weighted by molar-refractivity contribution is 0.0620. The topological polar surface area (TPSA) is 94.2 Å². The number of amides is 1. The molecule has 1 fully saturated rings. The summed E-state index contributed by atoms with van der Waals surface area (Å²) in [6.45, 7) is 5.69. The summed E-state index contributed by atoms with van der Waals surface area (Å²) in [4.78, 5) is 28.8. The molecule has 4 heterocycles. The summed E-state index contributed by atoms with van der Waals surface area (Å²) < 4.78 is 10.9. The first-order chi connectivity index (χ1) is 14.5. The molecule has 0 unspecified atom stereocenters. The molecule has 30 heavy (non-hydrogen) atoms. The van der Waals surface area contributed by atoms with Gasteiger partial charge in [-0.1, -0.05) is 5.16 Å². The van der Waals surface area contributed by atoms with E-state index in [1.807, 2.05) is 30.9 Å². The number of pyridine rings is 1. The molecule has 0 saturated carbocycles. The summed E-state index contributed by atoms with van der Waals surface area (Å²) in [7, 11) is 1.69. The van der Waals surface area contributed by atoms with E-state index < -0.39 is 0 Å². The van der Waals surface area contributed by atoms with Crippen LogP contribution in [-0.4, -0.2) is 57.7 Å². The molecular formula is C21H25N5O3S. The third kappa shape index (κ3) is 3.99. The summed E-state index contributed by atoms with van der Waals surface area (Å²) in [6.07, 6.45) is 5.70. The van der Waals surface area contributed by atoms with Crippen LogP contribution in [0.25, 0.3) is 11.5 Å². The van der Waals surface area contributed by atoms with Crippen molar-refractivity contribution in [2.24, 2.45) is 0 Å². The Morgan fingerprint density at radius 3 is 2.60 bits per heavy atom. The number of aryl methyl sites for hydroxylation is 2. The fraction of sp³-hybridized carbons (Fsp3) is 0.476. The molecule has 3 aromatic rings. The third-order valence-electron chi connectivity index (χ3n) is 5.72. The van der Waals surface area contributed by atoms with E-state index in [-0.39, 0.29) is 11.3 Å². The number of ether oxygens (including phenoxy) is 1. The van der Waals surface area contributed by atoms with Crippen LogP contribution in [0.1, 0.15) is 45.5 Å². The molecule has 158 valence electrons. The number of nitrogens with zero attached hydrogens (tertiary/aromatic N) is 5. The highest BCUT2D eigenvalue weighted by atomic mass is 32.1. The molecule has 0 aromatic carbocycles. The van der Waals surface area contributed by atoms with Gasteiger partial charge in [0.05, 0.1) is 10.7 Å². The second-order valence-corrected chi connectivity index (χ2v) is 8.82. The first kappa shape index (κ1) is 20.6. The summed E-state index contributed by atoms with van der Waals surface area (Å²) in [5.74, 6) is 1.23. The van der Waals surface area contributed by atoms with Gasteiger partial charge in [-0.2, -0.15) is 4.98 Å². The smallest absolute Gasteiger partial charge is 0.265 e. The average molecular weight is 428 g/mol. The molecule has 0 bridgehead atoms. The molecule has 9 heteroatoms. The fourth-order valence-electron chi connectivity index (χ4n) is 3.94. The molecule has 1 saturated heterocycles. The van der Waals surface area contributed by atoms with Crippen LogP contribution in [0.3, 0.4) is 0 Å². The Balaban J connectivity index is 1.54. The average Bonchev–Trinajstić information content (AvgIpc) is 3.40. The molecule has 0 spiro atoms. The van der Waals surface area contributed by atoms with Gasteiger partial charge in [0.25, 0.3) is 11.8 Å². The summed E-state index contributed by atoms with van der Waals surface area (Å²) in [5, 5.41) is 5.23.